The maximum atomic E-state index is 9.95. The normalized spacial score (nSPS) is 19.5. The molecule has 0 aliphatic heterocycles. The minimum atomic E-state index is -0.334. The van der Waals surface area contributed by atoms with E-state index in [1.165, 1.54) is 4.88 Å². The Bertz CT molecular complexity index is 375. The van der Waals surface area contributed by atoms with Gasteiger partial charge in [0.2, 0.25) is 0 Å². The highest BCUT2D eigenvalue weighted by Crippen LogP contribution is 2.37. The van der Waals surface area contributed by atoms with Crippen molar-refractivity contribution in [2.75, 3.05) is 11.4 Å². The molecule has 0 bridgehead atoms. The van der Waals surface area contributed by atoms with Crippen LogP contribution in [0.2, 0.25) is 0 Å². The van der Waals surface area contributed by atoms with Gasteiger partial charge in [0.25, 0.3) is 0 Å². The lowest BCUT2D eigenvalue weighted by molar-refractivity contribution is 0.153. The molecule has 0 saturated heterocycles. The van der Waals surface area contributed by atoms with Crippen molar-refractivity contribution in [3.63, 3.8) is 0 Å². The van der Waals surface area contributed by atoms with Crippen molar-refractivity contribution in [3.05, 3.63) is 10.6 Å². The Morgan fingerprint density at radius 3 is 2.88 bits per heavy atom. The van der Waals surface area contributed by atoms with Crippen LogP contribution in [0.5, 0.6) is 0 Å². The summed E-state index contributed by atoms with van der Waals surface area (Å²) in [6.07, 6.45) is 3.84. The van der Waals surface area contributed by atoms with Crippen molar-refractivity contribution < 1.29 is 5.11 Å². The van der Waals surface area contributed by atoms with E-state index in [2.05, 4.69) is 30.7 Å². The van der Waals surface area contributed by atoms with E-state index in [-0.39, 0.29) is 6.10 Å². The number of aliphatic hydroxyl groups is 1. The molecule has 0 saturated carbocycles. The second kappa shape index (κ2) is 5.36. The second-order valence-corrected chi connectivity index (χ2v) is 6.06. The summed E-state index contributed by atoms with van der Waals surface area (Å²) in [5.74, 6) is 0. The Labute approximate surface area is 107 Å². The molecule has 96 valence electrons. The van der Waals surface area contributed by atoms with Crippen molar-refractivity contribution in [2.45, 2.75) is 58.6 Å². The van der Waals surface area contributed by atoms with Crippen molar-refractivity contribution in [2.24, 2.45) is 0 Å². The van der Waals surface area contributed by atoms with E-state index < -0.39 is 0 Å². The van der Waals surface area contributed by atoms with E-state index >= 15 is 0 Å². The summed E-state index contributed by atoms with van der Waals surface area (Å²) >= 11 is 1.77. The van der Waals surface area contributed by atoms with Gasteiger partial charge in [0.1, 0.15) is 0 Å². The summed E-state index contributed by atoms with van der Waals surface area (Å²) in [4.78, 5) is 8.30. The van der Waals surface area contributed by atoms with Gasteiger partial charge in [-0.05, 0) is 39.5 Å². The number of aliphatic hydroxyl groups excluding tert-OH is 1. The smallest absolute Gasteiger partial charge is 0.186 e. The lowest BCUT2D eigenvalue weighted by Crippen LogP contribution is -2.31. The van der Waals surface area contributed by atoms with Crippen molar-refractivity contribution in [1.82, 2.24) is 4.98 Å². The highest BCUT2D eigenvalue weighted by Gasteiger charge is 2.25. The molecule has 1 aromatic heterocycles. The number of nitrogens with zero attached hydrogens (tertiary/aromatic N) is 2. The minimum absolute atomic E-state index is 0.334. The van der Waals surface area contributed by atoms with Crippen molar-refractivity contribution >= 4 is 16.5 Å². The molecular weight excluding hydrogens is 232 g/mol. The summed E-state index contributed by atoms with van der Waals surface area (Å²) in [6.45, 7) is 7.64. The van der Waals surface area contributed by atoms with Crippen molar-refractivity contribution in [3.8, 4) is 0 Å². The van der Waals surface area contributed by atoms with Crippen LogP contribution in [0.4, 0.5) is 5.13 Å². The number of rotatable bonds is 4. The molecule has 1 aromatic rings. The topological polar surface area (TPSA) is 36.4 Å². The van der Waals surface area contributed by atoms with Crippen LogP contribution in [0.1, 0.15) is 56.7 Å². The zero-order valence-electron chi connectivity index (χ0n) is 10.9. The lowest BCUT2D eigenvalue weighted by Gasteiger charge is -2.25. The first kappa shape index (κ1) is 12.8. The maximum Gasteiger partial charge on any atom is 0.186 e. The van der Waals surface area contributed by atoms with Gasteiger partial charge in [-0.2, -0.15) is 0 Å². The van der Waals surface area contributed by atoms with E-state index in [0.717, 1.165) is 43.1 Å². The molecule has 1 unspecified atom stereocenters. The quantitative estimate of drug-likeness (QED) is 0.896. The molecule has 4 heteroatoms. The van der Waals surface area contributed by atoms with E-state index in [1.807, 2.05) is 0 Å². The van der Waals surface area contributed by atoms with Gasteiger partial charge in [-0.3, -0.25) is 0 Å². The second-order valence-electron chi connectivity index (χ2n) is 5.00. The molecule has 1 aliphatic rings. The molecule has 3 nitrogen and oxygen atoms in total. The van der Waals surface area contributed by atoms with Gasteiger partial charge in [-0.15, -0.1) is 11.3 Å². The van der Waals surface area contributed by atoms with Crippen LogP contribution in [0.3, 0.4) is 0 Å². The van der Waals surface area contributed by atoms with Gasteiger partial charge >= 0.3 is 0 Å². The van der Waals surface area contributed by atoms with Gasteiger partial charge in [-0.25, -0.2) is 4.98 Å². The molecule has 0 radical (unpaired) electrons. The Balaban J connectivity index is 2.26. The van der Waals surface area contributed by atoms with E-state index in [1.54, 1.807) is 11.3 Å². The monoisotopic (exact) mass is 254 g/mol. The summed E-state index contributed by atoms with van der Waals surface area (Å²) < 4.78 is 0. The van der Waals surface area contributed by atoms with Gasteiger partial charge in [0, 0.05) is 17.5 Å². The molecule has 0 aromatic carbocycles. The molecule has 0 amide bonds. The van der Waals surface area contributed by atoms with Gasteiger partial charge in [0.05, 0.1) is 11.8 Å². The largest absolute Gasteiger partial charge is 0.387 e. The molecule has 17 heavy (non-hydrogen) atoms. The molecule has 0 fully saturated rings. The number of aromatic nitrogens is 1. The van der Waals surface area contributed by atoms with Crippen LogP contribution >= 0.6 is 11.3 Å². The number of hydrogen-bond acceptors (Lipinski definition) is 4. The van der Waals surface area contributed by atoms with E-state index in [4.69, 9.17) is 0 Å². The third-order valence-electron chi connectivity index (χ3n) is 3.25. The standard InChI is InChI=1S/C13H22N2OS/c1-4-8-15(9(2)3)13-14-12-10(16)6-5-7-11(12)17-13/h9-10,16H,4-8H2,1-3H3. The molecule has 1 N–H and O–H groups in total. The average molecular weight is 254 g/mol. The number of hydrogen-bond donors (Lipinski definition) is 1. The first-order valence-electron chi connectivity index (χ1n) is 6.57. The van der Waals surface area contributed by atoms with Gasteiger partial charge in [0.15, 0.2) is 5.13 Å². The third kappa shape index (κ3) is 2.63. The molecule has 1 atom stereocenters. The Morgan fingerprint density at radius 2 is 2.29 bits per heavy atom. The first-order valence-corrected chi connectivity index (χ1v) is 7.39. The maximum absolute atomic E-state index is 9.95. The lowest BCUT2D eigenvalue weighted by atomic mass is 10.0. The fourth-order valence-corrected chi connectivity index (χ4v) is 3.64. The molecular formula is C13H22N2OS. The Morgan fingerprint density at radius 1 is 1.53 bits per heavy atom. The summed E-state index contributed by atoms with van der Waals surface area (Å²) in [5.41, 5.74) is 0.943. The van der Waals surface area contributed by atoms with Crippen LogP contribution in [-0.2, 0) is 6.42 Å². The number of aryl methyl sites for hydroxylation is 1. The predicted octanol–water partition coefficient (Wildman–Crippen LogP) is 3.14. The fraction of sp³-hybridized carbons (Fsp3) is 0.769. The Kier molecular flexibility index (Phi) is 4.05. The van der Waals surface area contributed by atoms with E-state index in [9.17, 15) is 5.11 Å². The van der Waals surface area contributed by atoms with Crippen molar-refractivity contribution in [1.29, 1.82) is 0 Å². The van der Waals surface area contributed by atoms with E-state index in [0.29, 0.717) is 6.04 Å². The van der Waals surface area contributed by atoms with Crippen LogP contribution < -0.4 is 4.90 Å². The molecule has 2 rings (SSSR count). The predicted molar refractivity (Wildman–Crippen MR) is 72.8 cm³/mol. The van der Waals surface area contributed by atoms with Gasteiger partial charge < -0.3 is 10.0 Å². The molecule has 1 aliphatic carbocycles. The van der Waals surface area contributed by atoms with Crippen LogP contribution in [0.25, 0.3) is 0 Å². The van der Waals surface area contributed by atoms with Crippen LogP contribution in [-0.4, -0.2) is 22.7 Å². The number of anilines is 1. The fourth-order valence-electron chi connectivity index (χ4n) is 2.32. The zero-order chi connectivity index (χ0) is 12.4. The zero-order valence-corrected chi connectivity index (χ0v) is 11.8. The summed E-state index contributed by atoms with van der Waals surface area (Å²) in [6, 6.07) is 0.472. The molecule has 1 heterocycles. The average Bonchev–Trinajstić information content (AvgIpc) is 2.70. The Hall–Kier alpha value is -0.610. The SMILES string of the molecule is CCCN(c1nc2c(s1)CCCC2O)C(C)C. The first-order chi connectivity index (χ1) is 8.13. The third-order valence-corrected chi connectivity index (χ3v) is 4.41. The highest BCUT2D eigenvalue weighted by atomic mass is 32.1. The van der Waals surface area contributed by atoms with Crippen LogP contribution in [0.15, 0.2) is 0 Å². The highest BCUT2D eigenvalue weighted by molar-refractivity contribution is 7.15. The summed E-state index contributed by atoms with van der Waals surface area (Å²) in [7, 11) is 0. The number of fused-ring (bicyclic) bond motifs is 1. The summed E-state index contributed by atoms with van der Waals surface area (Å²) in [5, 5.41) is 11.0. The van der Waals surface area contributed by atoms with Gasteiger partial charge in [-0.1, -0.05) is 6.92 Å². The van der Waals surface area contributed by atoms with Crippen LogP contribution in [0, 0.1) is 0 Å². The minimum Gasteiger partial charge on any atom is -0.387 e. The molecule has 0 spiro atoms. The number of thiazole rings is 1.